The molecule has 0 bridgehead atoms. The normalized spacial score (nSPS) is 22.1. The molecule has 0 saturated carbocycles. The highest BCUT2D eigenvalue weighted by atomic mass is 16.1. The zero-order valence-corrected chi connectivity index (χ0v) is 11.6. The summed E-state index contributed by atoms with van der Waals surface area (Å²) in [7, 11) is 0. The monoisotopic (exact) mass is 233 g/mol. The third-order valence-electron chi connectivity index (χ3n) is 3.43. The minimum Gasteiger partial charge on any atom is -0.326 e. The van der Waals surface area contributed by atoms with E-state index in [0.29, 0.717) is 6.42 Å². The van der Waals surface area contributed by atoms with E-state index in [4.69, 9.17) is 0 Å². The van der Waals surface area contributed by atoms with Crippen molar-refractivity contribution in [3.63, 3.8) is 0 Å². The molecular formula is C15H23NO. The minimum atomic E-state index is 0.00366. The molecular weight excluding hydrogens is 210 g/mol. The van der Waals surface area contributed by atoms with Crippen molar-refractivity contribution >= 4 is 11.6 Å². The van der Waals surface area contributed by atoms with Gasteiger partial charge in [0.1, 0.15) is 0 Å². The summed E-state index contributed by atoms with van der Waals surface area (Å²) in [6, 6.07) is 6.24. The third-order valence-corrected chi connectivity index (χ3v) is 3.43. The van der Waals surface area contributed by atoms with E-state index in [1.165, 1.54) is 11.1 Å². The summed E-state index contributed by atoms with van der Waals surface area (Å²) in [5, 5.41) is 2.94. The molecule has 2 nitrogen and oxygen atoms in total. The molecule has 1 aliphatic heterocycles. The number of carbonyl (C=O) groups excluding carboxylic acids is 1. The predicted molar refractivity (Wildman–Crippen MR) is 73.4 cm³/mol. The van der Waals surface area contributed by atoms with Crippen LogP contribution in [0, 0.1) is 6.92 Å². The fourth-order valence-electron chi connectivity index (χ4n) is 2.23. The van der Waals surface area contributed by atoms with Crippen LogP contribution in [0.2, 0.25) is 0 Å². The molecule has 1 aliphatic rings. The Bertz CT molecular complexity index is 411. The number of nitrogens with one attached hydrogen (secondary N) is 1. The molecule has 2 rings (SSSR count). The number of benzene rings is 1. The van der Waals surface area contributed by atoms with Gasteiger partial charge in [-0.2, -0.15) is 0 Å². The Morgan fingerprint density at radius 2 is 2.00 bits per heavy atom. The zero-order chi connectivity index (χ0) is 13.1. The fourth-order valence-corrected chi connectivity index (χ4v) is 2.23. The molecule has 1 amide bonds. The molecule has 1 atom stereocenters. The van der Waals surface area contributed by atoms with Gasteiger partial charge in [0.15, 0.2) is 0 Å². The van der Waals surface area contributed by atoms with Gasteiger partial charge in [-0.05, 0) is 25.0 Å². The minimum absolute atomic E-state index is 0.00366. The second kappa shape index (κ2) is 5.35. The van der Waals surface area contributed by atoms with Crippen LogP contribution in [0.1, 0.15) is 51.7 Å². The first kappa shape index (κ1) is 13.8. The Kier molecular flexibility index (Phi) is 4.33. The first-order valence-electron chi connectivity index (χ1n) is 6.46. The van der Waals surface area contributed by atoms with Gasteiger partial charge in [-0.25, -0.2) is 0 Å². The lowest BCUT2D eigenvalue weighted by atomic mass is 9.74. The number of carbonyl (C=O) groups is 1. The van der Waals surface area contributed by atoms with Gasteiger partial charge in [0, 0.05) is 17.5 Å². The number of hydrogen-bond donors (Lipinski definition) is 1. The topological polar surface area (TPSA) is 29.1 Å². The molecule has 0 fully saturated rings. The van der Waals surface area contributed by atoms with Crippen LogP contribution in [0.25, 0.3) is 0 Å². The highest BCUT2D eigenvalue weighted by molar-refractivity contribution is 5.95. The lowest BCUT2D eigenvalue weighted by molar-refractivity contribution is -0.117. The maximum atomic E-state index is 11.6. The van der Waals surface area contributed by atoms with Gasteiger partial charge in [-0.3, -0.25) is 4.79 Å². The molecule has 0 aromatic heterocycles. The summed E-state index contributed by atoms with van der Waals surface area (Å²) in [4.78, 5) is 11.6. The molecule has 0 radical (unpaired) electrons. The summed E-state index contributed by atoms with van der Waals surface area (Å²) < 4.78 is 0. The number of rotatable bonds is 1. The maximum Gasteiger partial charge on any atom is 0.225 e. The number of hydrogen-bond acceptors (Lipinski definition) is 1. The molecule has 1 aromatic rings. The average molecular weight is 233 g/mol. The van der Waals surface area contributed by atoms with Crippen LogP contribution >= 0.6 is 0 Å². The van der Waals surface area contributed by atoms with Crippen LogP contribution in [0.5, 0.6) is 0 Å². The lowest BCUT2D eigenvalue weighted by Gasteiger charge is -2.35. The second-order valence-corrected chi connectivity index (χ2v) is 4.69. The molecule has 1 unspecified atom stereocenters. The molecule has 0 aliphatic carbocycles. The standard InChI is InChI=1S/C13H17NO.C2H6/c1-4-13(3)8-12(15)14-11-6-5-9(2)7-10(11)13;1-2/h5-7H,4,8H2,1-3H3,(H,14,15);1-2H3. The van der Waals surface area contributed by atoms with Crippen molar-refractivity contribution < 1.29 is 4.79 Å². The maximum absolute atomic E-state index is 11.6. The lowest BCUT2D eigenvalue weighted by Crippen LogP contribution is -2.34. The van der Waals surface area contributed by atoms with Crippen molar-refractivity contribution in [2.45, 2.75) is 52.9 Å². The van der Waals surface area contributed by atoms with Gasteiger partial charge in [-0.15, -0.1) is 0 Å². The van der Waals surface area contributed by atoms with Crippen LogP contribution in [0.15, 0.2) is 18.2 Å². The molecule has 0 spiro atoms. The summed E-state index contributed by atoms with van der Waals surface area (Å²) >= 11 is 0. The number of amides is 1. The molecule has 2 heteroatoms. The Morgan fingerprint density at radius 3 is 2.59 bits per heavy atom. The first-order chi connectivity index (χ1) is 8.05. The molecule has 94 valence electrons. The van der Waals surface area contributed by atoms with Crippen molar-refractivity contribution in [1.29, 1.82) is 0 Å². The third kappa shape index (κ3) is 2.68. The van der Waals surface area contributed by atoms with Crippen molar-refractivity contribution in [1.82, 2.24) is 0 Å². The van der Waals surface area contributed by atoms with Gasteiger partial charge >= 0.3 is 0 Å². The van der Waals surface area contributed by atoms with E-state index in [1.807, 2.05) is 26.0 Å². The van der Waals surface area contributed by atoms with E-state index in [-0.39, 0.29) is 11.3 Å². The molecule has 1 heterocycles. The van der Waals surface area contributed by atoms with Gasteiger partial charge in [0.25, 0.3) is 0 Å². The van der Waals surface area contributed by atoms with Crippen molar-refractivity contribution in [3.05, 3.63) is 29.3 Å². The van der Waals surface area contributed by atoms with E-state index < -0.39 is 0 Å². The number of aryl methyl sites for hydroxylation is 1. The Hall–Kier alpha value is -1.31. The van der Waals surface area contributed by atoms with Crippen LogP contribution < -0.4 is 5.32 Å². The average Bonchev–Trinajstić information content (AvgIpc) is 2.33. The van der Waals surface area contributed by atoms with Gasteiger partial charge in [0.05, 0.1) is 0 Å². The van der Waals surface area contributed by atoms with Crippen molar-refractivity contribution in [2.75, 3.05) is 5.32 Å². The zero-order valence-electron chi connectivity index (χ0n) is 11.6. The van der Waals surface area contributed by atoms with Gasteiger partial charge < -0.3 is 5.32 Å². The smallest absolute Gasteiger partial charge is 0.225 e. The molecule has 17 heavy (non-hydrogen) atoms. The molecule has 0 saturated heterocycles. The molecule has 1 N–H and O–H groups in total. The number of fused-ring (bicyclic) bond motifs is 1. The van der Waals surface area contributed by atoms with Gasteiger partial charge in [-0.1, -0.05) is 45.4 Å². The van der Waals surface area contributed by atoms with Crippen molar-refractivity contribution in [3.8, 4) is 0 Å². The number of anilines is 1. The quantitative estimate of drug-likeness (QED) is 0.779. The summed E-state index contributed by atoms with van der Waals surface area (Å²) in [6.45, 7) is 10.4. The van der Waals surface area contributed by atoms with Gasteiger partial charge in [0.2, 0.25) is 5.91 Å². The van der Waals surface area contributed by atoms with E-state index in [2.05, 4.69) is 32.2 Å². The van der Waals surface area contributed by atoms with E-state index in [0.717, 1.165) is 12.1 Å². The predicted octanol–water partition coefficient (Wildman–Crippen LogP) is 4.03. The Labute approximate surface area is 104 Å². The van der Waals surface area contributed by atoms with E-state index in [9.17, 15) is 4.79 Å². The van der Waals surface area contributed by atoms with Crippen LogP contribution in [0.3, 0.4) is 0 Å². The van der Waals surface area contributed by atoms with Crippen LogP contribution in [0.4, 0.5) is 5.69 Å². The van der Waals surface area contributed by atoms with E-state index in [1.54, 1.807) is 0 Å². The first-order valence-corrected chi connectivity index (χ1v) is 6.46. The highest BCUT2D eigenvalue weighted by Crippen LogP contribution is 2.40. The largest absolute Gasteiger partial charge is 0.326 e. The highest BCUT2D eigenvalue weighted by Gasteiger charge is 2.34. The van der Waals surface area contributed by atoms with Crippen molar-refractivity contribution in [2.24, 2.45) is 0 Å². The second-order valence-electron chi connectivity index (χ2n) is 4.69. The molecule has 1 aromatic carbocycles. The van der Waals surface area contributed by atoms with E-state index >= 15 is 0 Å². The Morgan fingerprint density at radius 1 is 1.35 bits per heavy atom. The summed E-state index contributed by atoms with van der Waals surface area (Å²) in [5.74, 6) is 0.135. The summed E-state index contributed by atoms with van der Waals surface area (Å²) in [5.41, 5.74) is 3.53. The fraction of sp³-hybridized carbons (Fsp3) is 0.533. The van der Waals surface area contributed by atoms with Crippen LogP contribution in [-0.4, -0.2) is 5.91 Å². The SMILES string of the molecule is CC.CCC1(C)CC(=O)Nc2ccc(C)cc21. The van der Waals surface area contributed by atoms with Crippen LogP contribution in [-0.2, 0) is 10.2 Å². The Balaban J connectivity index is 0.000000686. The summed E-state index contributed by atoms with van der Waals surface area (Å²) in [6.07, 6.45) is 1.59.